The Morgan fingerprint density at radius 1 is 1.14 bits per heavy atom. The zero-order valence-corrected chi connectivity index (χ0v) is 7.80. The van der Waals surface area contributed by atoms with E-state index in [2.05, 4.69) is 31.8 Å². The van der Waals surface area contributed by atoms with Crippen LogP contribution in [0.4, 0.5) is 0 Å². The van der Waals surface area contributed by atoms with E-state index in [1.165, 1.54) is 29.9 Å². The molecule has 0 aliphatic carbocycles. The molecule has 0 radical (unpaired) electrons. The van der Waals surface area contributed by atoms with Crippen molar-refractivity contribution in [3.63, 3.8) is 0 Å². The highest BCUT2D eigenvalue weighted by Gasteiger charge is 1.81. The van der Waals surface area contributed by atoms with Crippen LogP contribution in [0.5, 0.6) is 0 Å². The van der Waals surface area contributed by atoms with Crippen molar-refractivity contribution < 1.29 is 0 Å². The van der Waals surface area contributed by atoms with Crippen LogP contribution >= 0.6 is 31.8 Å². The van der Waals surface area contributed by atoms with Crippen molar-refractivity contribution in [2.24, 2.45) is 0 Å². The summed E-state index contributed by atoms with van der Waals surface area (Å²) in [4.78, 5) is 0. The second kappa shape index (κ2) is 7.16. The Balaban J connectivity index is 2.45. The Hall–Kier alpha value is 1.16. The van der Waals surface area contributed by atoms with Crippen LogP contribution in [0.3, 0.4) is 0 Å². The molecule has 2 heteroatoms. The van der Waals surface area contributed by atoms with Crippen molar-refractivity contribution in [2.75, 3.05) is 10.6 Å². The molecule has 0 amide bonds. The minimum atomic E-state index is 1.27. The van der Waals surface area contributed by atoms with Crippen molar-refractivity contribution in [1.29, 1.82) is 0 Å². The summed E-state index contributed by atoms with van der Waals surface area (Å²) in [7, 11) is 2.75. The molecule has 7 heavy (non-hydrogen) atoms. The van der Waals surface area contributed by atoms with Gasteiger partial charge in [-0.15, -0.1) is 9.24 Å². The Kier molecular flexibility index (Phi) is 8.35. The van der Waals surface area contributed by atoms with Gasteiger partial charge in [-0.2, -0.15) is 0 Å². The molecule has 0 bridgehead atoms. The molecular formula is C5H12IP. The number of rotatable bonds is 4. The van der Waals surface area contributed by atoms with E-state index in [9.17, 15) is 0 Å². The molecule has 0 aromatic rings. The zero-order chi connectivity index (χ0) is 5.54. The average molecular weight is 230 g/mol. The van der Waals surface area contributed by atoms with Gasteiger partial charge in [0.1, 0.15) is 0 Å². The lowest BCUT2D eigenvalue weighted by molar-refractivity contribution is 0.792. The van der Waals surface area contributed by atoms with E-state index >= 15 is 0 Å². The van der Waals surface area contributed by atoms with Crippen molar-refractivity contribution in [3.8, 4) is 0 Å². The number of unbranched alkanes of at least 4 members (excludes halogenated alkanes) is 2. The third-order valence-corrected chi connectivity index (χ3v) is 2.01. The van der Waals surface area contributed by atoms with Crippen molar-refractivity contribution >= 4 is 31.8 Å². The first-order valence-corrected chi connectivity index (χ1v) is 5.02. The summed E-state index contributed by atoms with van der Waals surface area (Å²) < 4.78 is 1.32. The highest BCUT2D eigenvalue weighted by molar-refractivity contribution is 14.1. The fourth-order valence-corrected chi connectivity index (χ4v) is 1.24. The molecule has 0 N–H and O–H groups in total. The van der Waals surface area contributed by atoms with E-state index in [4.69, 9.17) is 0 Å². The Labute approximate surface area is 61.8 Å². The van der Waals surface area contributed by atoms with Gasteiger partial charge in [-0.05, 0) is 23.4 Å². The highest BCUT2D eigenvalue weighted by Crippen LogP contribution is 2.00. The third-order valence-electron chi connectivity index (χ3n) is 0.838. The predicted molar refractivity (Wildman–Crippen MR) is 47.3 cm³/mol. The number of halogens is 1. The lowest BCUT2D eigenvalue weighted by atomic mass is 10.3. The molecule has 0 aliphatic heterocycles. The molecule has 44 valence electrons. The number of hydrogen-bond acceptors (Lipinski definition) is 0. The molecular weight excluding hydrogens is 218 g/mol. The molecule has 0 rings (SSSR count). The lowest BCUT2D eigenvalue weighted by Gasteiger charge is -1.89. The fourth-order valence-electron chi connectivity index (χ4n) is 0.416. The maximum Gasteiger partial charge on any atom is -0.000473 e. The molecule has 0 saturated carbocycles. The largest absolute Gasteiger partial charge is 0.138 e. The van der Waals surface area contributed by atoms with Crippen LogP contribution in [-0.4, -0.2) is 10.6 Å². The van der Waals surface area contributed by atoms with Gasteiger partial charge in [-0.1, -0.05) is 29.0 Å². The van der Waals surface area contributed by atoms with Gasteiger partial charge in [0.2, 0.25) is 0 Å². The lowest BCUT2D eigenvalue weighted by Crippen LogP contribution is -1.76. The van der Waals surface area contributed by atoms with Gasteiger partial charge in [-0.25, -0.2) is 0 Å². The summed E-state index contributed by atoms with van der Waals surface area (Å²) in [6.07, 6.45) is 5.46. The van der Waals surface area contributed by atoms with Crippen LogP contribution in [-0.2, 0) is 0 Å². The maximum absolute atomic E-state index is 2.75. The minimum Gasteiger partial charge on any atom is -0.138 e. The summed E-state index contributed by atoms with van der Waals surface area (Å²) in [5, 5.41) is 0. The van der Waals surface area contributed by atoms with Crippen molar-refractivity contribution in [2.45, 2.75) is 19.3 Å². The maximum atomic E-state index is 2.75. The molecule has 0 aromatic heterocycles. The van der Waals surface area contributed by atoms with Crippen LogP contribution in [0.1, 0.15) is 19.3 Å². The van der Waals surface area contributed by atoms with E-state index in [-0.39, 0.29) is 0 Å². The molecule has 0 aliphatic rings. The van der Waals surface area contributed by atoms with Crippen LogP contribution < -0.4 is 0 Å². The number of hydrogen-bond donors (Lipinski definition) is 0. The molecule has 0 saturated heterocycles. The third kappa shape index (κ3) is 7.16. The Morgan fingerprint density at radius 3 is 2.29 bits per heavy atom. The molecule has 1 unspecified atom stereocenters. The Bertz CT molecular complexity index is 27.3. The van der Waals surface area contributed by atoms with Crippen LogP contribution in [0.15, 0.2) is 0 Å². The average Bonchev–Trinajstić information content (AvgIpc) is 1.69. The second-order valence-corrected chi connectivity index (χ2v) is 3.19. The molecule has 0 aromatic carbocycles. The smallest absolute Gasteiger partial charge is 0.000473 e. The molecule has 1 atom stereocenters. The van der Waals surface area contributed by atoms with Gasteiger partial charge in [0.25, 0.3) is 0 Å². The van der Waals surface area contributed by atoms with Gasteiger partial charge in [0.15, 0.2) is 0 Å². The predicted octanol–water partition coefficient (Wildman–Crippen LogP) is 2.47. The molecule has 0 nitrogen and oxygen atoms in total. The molecule has 0 heterocycles. The van der Waals surface area contributed by atoms with Crippen LogP contribution in [0.25, 0.3) is 0 Å². The molecule has 0 spiro atoms. The van der Waals surface area contributed by atoms with E-state index in [0.29, 0.717) is 0 Å². The second-order valence-electron chi connectivity index (χ2n) is 1.54. The first-order chi connectivity index (χ1) is 3.41. The van der Waals surface area contributed by atoms with Gasteiger partial charge in [-0.3, -0.25) is 0 Å². The van der Waals surface area contributed by atoms with Crippen molar-refractivity contribution in [1.82, 2.24) is 0 Å². The Morgan fingerprint density at radius 2 is 1.86 bits per heavy atom. The summed E-state index contributed by atoms with van der Waals surface area (Å²) in [6.45, 7) is 0. The highest BCUT2D eigenvalue weighted by atomic mass is 127. The summed E-state index contributed by atoms with van der Waals surface area (Å²) >= 11 is 2.42. The van der Waals surface area contributed by atoms with Crippen LogP contribution in [0, 0.1) is 0 Å². The van der Waals surface area contributed by atoms with Gasteiger partial charge >= 0.3 is 0 Å². The van der Waals surface area contributed by atoms with E-state index in [1.807, 2.05) is 0 Å². The standard InChI is InChI=1S/C5H12IP/c6-4-2-1-3-5-7/h1-5,7H2. The first-order valence-electron chi connectivity index (χ1n) is 2.68. The quantitative estimate of drug-likeness (QED) is 0.301. The summed E-state index contributed by atoms with van der Waals surface area (Å²) in [6, 6.07) is 0. The first kappa shape index (κ1) is 8.16. The minimum absolute atomic E-state index is 1.27. The van der Waals surface area contributed by atoms with Crippen molar-refractivity contribution in [3.05, 3.63) is 0 Å². The SMILES string of the molecule is PCCCCCI. The topological polar surface area (TPSA) is 0 Å². The van der Waals surface area contributed by atoms with E-state index in [0.717, 1.165) is 0 Å². The summed E-state index contributed by atoms with van der Waals surface area (Å²) in [5.74, 6) is 0. The normalized spacial score (nSPS) is 9.43. The van der Waals surface area contributed by atoms with Crippen LogP contribution in [0.2, 0.25) is 0 Å². The monoisotopic (exact) mass is 230 g/mol. The van der Waals surface area contributed by atoms with Gasteiger partial charge in [0.05, 0.1) is 0 Å². The van der Waals surface area contributed by atoms with Gasteiger partial charge in [0, 0.05) is 0 Å². The zero-order valence-electron chi connectivity index (χ0n) is 4.49. The van der Waals surface area contributed by atoms with Gasteiger partial charge < -0.3 is 0 Å². The summed E-state index contributed by atoms with van der Waals surface area (Å²) in [5.41, 5.74) is 0. The molecule has 0 fully saturated rings. The fraction of sp³-hybridized carbons (Fsp3) is 1.00. The van der Waals surface area contributed by atoms with E-state index in [1.54, 1.807) is 0 Å². The van der Waals surface area contributed by atoms with E-state index < -0.39 is 0 Å². The number of alkyl halides is 1.